The van der Waals surface area contributed by atoms with E-state index in [9.17, 15) is 4.79 Å². The predicted octanol–water partition coefficient (Wildman–Crippen LogP) is 6.72. The van der Waals surface area contributed by atoms with E-state index in [1.54, 1.807) is 0 Å². The van der Waals surface area contributed by atoms with Crippen molar-refractivity contribution in [3.8, 4) is 0 Å². The van der Waals surface area contributed by atoms with Gasteiger partial charge in [-0.15, -0.1) is 0 Å². The van der Waals surface area contributed by atoms with E-state index < -0.39 is 0 Å². The van der Waals surface area contributed by atoms with Crippen molar-refractivity contribution in [2.45, 2.75) is 105 Å². The van der Waals surface area contributed by atoms with Gasteiger partial charge in [0.05, 0.1) is 13.2 Å². The minimum atomic E-state index is -0.323. The standard InChI is InChI=1S/C23H47NO3/c1-5-6-7-8-9-10-11-12-13-14-15-16-17-26-20-22(4)18-24-23(25)27-19-21(2)3/h21-22H,5-20H2,1-4H3,(H,24,25). The van der Waals surface area contributed by atoms with Gasteiger partial charge in [-0.25, -0.2) is 4.79 Å². The Balaban J connectivity index is 3.24. The normalized spacial score (nSPS) is 12.3. The van der Waals surface area contributed by atoms with Crippen molar-refractivity contribution in [1.82, 2.24) is 5.32 Å². The second-order valence-electron chi connectivity index (χ2n) is 8.44. The van der Waals surface area contributed by atoms with Crippen LogP contribution in [-0.2, 0) is 9.47 Å². The number of unbranched alkanes of at least 4 members (excludes halogenated alkanes) is 11. The number of ether oxygens (including phenoxy) is 2. The number of hydrogen-bond acceptors (Lipinski definition) is 3. The average molecular weight is 386 g/mol. The zero-order valence-corrected chi connectivity index (χ0v) is 18.7. The molecule has 0 aliphatic heterocycles. The van der Waals surface area contributed by atoms with Crippen molar-refractivity contribution in [1.29, 1.82) is 0 Å². The lowest BCUT2D eigenvalue weighted by Gasteiger charge is -2.14. The molecular formula is C23H47NO3. The lowest BCUT2D eigenvalue weighted by atomic mass is 10.1. The molecule has 0 saturated heterocycles. The van der Waals surface area contributed by atoms with Gasteiger partial charge >= 0.3 is 6.09 Å². The summed E-state index contributed by atoms with van der Waals surface area (Å²) in [6.07, 6.45) is 16.0. The van der Waals surface area contributed by atoms with Crippen LogP contribution in [0.1, 0.15) is 105 Å². The van der Waals surface area contributed by atoms with Gasteiger partial charge in [0.1, 0.15) is 0 Å². The molecule has 0 aromatic rings. The van der Waals surface area contributed by atoms with E-state index in [-0.39, 0.29) is 6.09 Å². The molecule has 1 amide bonds. The number of carbonyl (C=O) groups excluding carboxylic acids is 1. The van der Waals surface area contributed by atoms with E-state index in [2.05, 4.69) is 19.2 Å². The fraction of sp³-hybridized carbons (Fsp3) is 0.957. The Morgan fingerprint density at radius 1 is 0.778 bits per heavy atom. The zero-order chi connectivity index (χ0) is 20.2. The van der Waals surface area contributed by atoms with Gasteiger partial charge in [0.2, 0.25) is 0 Å². The average Bonchev–Trinajstić information content (AvgIpc) is 2.64. The number of hydrogen-bond donors (Lipinski definition) is 1. The third-order valence-electron chi connectivity index (χ3n) is 4.69. The molecule has 0 aliphatic rings. The number of rotatable bonds is 19. The molecule has 0 heterocycles. The SMILES string of the molecule is CCCCCCCCCCCCCCOCC(C)CNC(=O)OCC(C)C. The van der Waals surface area contributed by atoms with Gasteiger partial charge < -0.3 is 14.8 Å². The maximum atomic E-state index is 11.5. The summed E-state index contributed by atoms with van der Waals surface area (Å²) in [5.41, 5.74) is 0. The van der Waals surface area contributed by atoms with Gasteiger partial charge in [-0.3, -0.25) is 0 Å². The van der Waals surface area contributed by atoms with Crippen molar-refractivity contribution < 1.29 is 14.3 Å². The Kier molecular flexibility index (Phi) is 19.4. The van der Waals surface area contributed by atoms with Crippen LogP contribution >= 0.6 is 0 Å². The fourth-order valence-electron chi connectivity index (χ4n) is 2.94. The van der Waals surface area contributed by atoms with Crippen LogP contribution in [0.4, 0.5) is 4.79 Å². The van der Waals surface area contributed by atoms with Crippen molar-refractivity contribution in [2.24, 2.45) is 11.8 Å². The molecule has 0 radical (unpaired) electrons. The molecule has 0 fully saturated rings. The maximum Gasteiger partial charge on any atom is 0.407 e. The van der Waals surface area contributed by atoms with E-state index in [0.29, 0.717) is 31.6 Å². The number of carbonyl (C=O) groups is 1. The van der Waals surface area contributed by atoms with Crippen LogP contribution in [0, 0.1) is 11.8 Å². The van der Waals surface area contributed by atoms with Gasteiger partial charge in [0, 0.05) is 13.2 Å². The summed E-state index contributed by atoms with van der Waals surface area (Å²) in [5.74, 6) is 0.681. The molecule has 0 bridgehead atoms. The topological polar surface area (TPSA) is 47.6 Å². The summed E-state index contributed by atoms with van der Waals surface area (Å²) < 4.78 is 10.8. The van der Waals surface area contributed by atoms with Crippen molar-refractivity contribution >= 4 is 6.09 Å². The monoisotopic (exact) mass is 385 g/mol. The molecule has 162 valence electrons. The second-order valence-corrected chi connectivity index (χ2v) is 8.44. The fourth-order valence-corrected chi connectivity index (χ4v) is 2.94. The molecule has 27 heavy (non-hydrogen) atoms. The summed E-state index contributed by atoms with van der Waals surface area (Å²) in [5, 5.41) is 2.80. The van der Waals surface area contributed by atoms with Crippen LogP contribution in [-0.4, -0.2) is 32.5 Å². The van der Waals surface area contributed by atoms with E-state index in [1.807, 2.05) is 13.8 Å². The van der Waals surface area contributed by atoms with Crippen LogP contribution < -0.4 is 5.32 Å². The highest BCUT2D eigenvalue weighted by molar-refractivity contribution is 5.67. The summed E-state index contributed by atoms with van der Waals surface area (Å²) in [6, 6.07) is 0. The van der Waals surface area contributed by atoms with Crippen molar-refractivity contribution in [3.05, 3.63) is 0 Å². The van der Waals surface area contributed by atoms with E-state index >= 15 is 0 Å². The van der Waals surface area contributed by atoms with Gasteiger partial charge in [-0.2, -0.15) is 0 Å². The number of alkyl carbamates (subject to hydrolysis) is 1. The van der Waals surface area contributed by atoms with Gasteiger partial charge in [0.25, 0.3) is 0 Å². The third-order valence-corrected chi connectivity index (χ3v) is 4.69. The van der Waals surface area contributed by atoms with E-state index in [0.717, 1.165) is 13.0 Å². The Morgan fingerprint density at radius 2 is 1.30 bits per heavy atom. The van der Waals surface area contributed by atoms with Gasteiger partial charge in [-0.05, 0) is 18.3 Å². The molecule has 0 rings (SSSR count). The molecule has 0 aromatic heterocycles. The molecule has 0 saturated carbocycles. The van der Waals surface area contributed by atoms with Crippen LogP contribution in [0.25, 0.3) is 0 Å². The molecule has 1 unspecified atom stereocenters. The first-order chi connectivity index (χ1) is 13.1. The quantitative estimate of drug-likeness (QED) is 0.251. The van der Waals surface area contributed by atoms with Gasteiger partial charge in [-0.1, -0.05) is 98.3 Å². The Morgan fingerprint density at radius 3 is 1.81 bits per heavy atom. The van der Waals surface area contributed by atoms with E-state index in [4.69, 9.17) is 9.47 Å². The lowest BCUT2D eigenvalue weighted by molar-refractivity contribution is 0.0968. The number of amides is 1. The molecule has 4 heteroatoms. The van der Waals surface area contributed by atoms with Crippen LogP contribution in [0.3, 0.4) is 0 Å². The van der Waals surface area contributed by atoms with Crippen molar-refractivity contribution in [2.75, 3.05) is 26.4 Å². The highest BCUT2D eigenvalue weighted by atomic mass is 16.5. The summed E-state index contributed by atoms with van der Waals surface area (Å²) >= 11 is 0. The first kappa shape index (κ1) is 26.2. The highest BCUT2D eigenvalue weighted by Crippen LogP contribution is 2.12. The Labute approximate surface area is 169 Å². The molecular weight excluding hydrogens is 338 g/mol. The minimum Gasteiger partial charge on any atom is -0.449 e. The first-order valence-electron chi connectivity index (χ1n) is 11.5. The van der Waals surface area contributed by atoms with Crippen molar-refractivity contribution in [3.63, 3.8) is 0 Å². The number of nitrogens with one attached hydrogen (secondary N) is 1. The smallest absolute Gasteiger partial charge is 0.407 e. The molecule has 0 spiro atoms. The third kappa shape index (κ3) is 21.4. The molecule has 0 aromatic carbocycles. The lowest BCUT2D eigenvalue weighted by Crippen LogP contribution is -2.31. The first-order valence-corrected chi connectivity index (χ1v) is 11.5. The van der Waals surface area contributed by atoms with Crippen LogP contribution in [0.5, 0.6) is 0 Å². The van der Waals surface area contributed by atoms with Crippen LogP contribution in [0.2, 0.25) is 0 Å². The van der Waals surface area contributed by atoms with E-state index in [1.165, 1.54) is 70.6 Å². The minimum absolute atomic E-state index is 0.314. The zero-order valence-electron chi connectivity index (χ0n) is 18.7. The Bertz CT molecular complexity index is 321. The Hall–Kier alpha value is -0.770. The molecule has 1 atom stereocenters. The van der Waals surface area contributed by atoms with Gasteiger partial charge in [0.15, 0.2) is 0 Å². The summed E-state index contributed by atoms with van der Waals surface area (Å²) in [7, 11) is 0. The predicted molar refractivity (Wildman–Crippen MR) is 115 cm³/mol. The molecule has 0 aliphatic carbocycles. The van der Waals surface area contributed by atoms with Crippen LogP contribution in [0.15, 0.2) is 0 Å². The maximum absolute atomic E-state index is 11.5. The highest BCUT2D eigenvalue weighted by Gasteiger charge is 2.07. The second kappa shape index (κ2) is 20.0. The largest absolute Gasteiger partial charge is 0.449 e. The molecule has 4 nitrogen and oxygen atoms in total. The summed E-state index contributed by atoms with van der Waals surface area (Å²) in [6.45, 7) is 11.0. The molecule has 1 N–H and O–H groups in total. The summed E-state index contributed by atoms with van der Waals surface area (Å²) in [4.78, 5) is 11.5.